The Bertz CT molecular complexity index is 508. The summed E-state index contributed by atoms with van der Waals surface area (Å²) < 4.78 is 0. The molecule has 0 radical (unpaired) electrons. The number of hydrogen-bond donors (Lipinski definition) is 2. The normalized spacial score (nSPS) is 14.9. The molecule has 5 heteroatoms. The predicted molar refractivity (Wildman–Crippen MR) is 78.4 cm³/mol. The van der Waals surface area contributed by atoms with Crippen molar-refractivity contribution in [2.75, 3.05) is 25.4 Å². The molecule has 0 spiro atoms. The molecule has 0 saturated carbocycles. The lowest BCUT2D eigenvalue weighted by molar-refractivity contribution is -0.130. The van der Waals surface area contributed by atoms with Crippen LogP contribution in [0, 0.1) is 6.92 Å². The minimum absolute atomic E-state index is 0.0238. The van der Waals surface area contributed by atoms with Gasteiger partial charge in [-0.05, 0) is 37.8 Å². The van der Waals surface area contributed by atoms with Crippen molar-refractivity contribution in [3.8, 4) is 0 Å². The zero-order valence-corrected chi connectivity index (χ0v) is 11.8. The van der Waals surface area contributed by atoms with Gasteiger partial charge in [-0.25, -0.2) is 0 Å². The van der Waals surface area contributed by atoms with Gasteiger partial charge in [-0.15, -0.1) is 0 Å². The van der Waals surface area contributed by atoms with Crippen molar-refractivity contribution in [1.29, 1.82) is 0 Å². The summed E-state index contributed by atoms with van der Waals surface area (Å²) in [6, 6.07) is 5.31. The van der Waals surface area contributed by atoms with E-state index in [0.29, 0.717) is 11.3 Å². The minimum Gasteiger partial charge on any atom is -0.398 e. The van der Waals surface area contributed by atoms with Gasteiger partial charge in [-0.1, -0.05) is 12.1 Å². The second kappa shape index (κ2) is 6.41. The van der Waals surface area contributed by atoms with E-state index in [1.807, 2.05) is 17.9 Å². The van der Waals surface area contributed by atoms with Crippen LogP contribution in [0.25, 0.3) is 0 Å². The number of carbonyl (C=O) groups is 2. The van der Waals surface area contributed by atoms with Crippen LogP contribution in [0.4, 0.5) is 5.69 Å². The zero-order valence-electron chi connectivity index (χ0n) is 11.8. The Morgan fingerprint density at radius 3 is 2.65 bits per heavy atom. The molecule has 1 heterocycles. The lowest BCUT2D eigenvalue weighted by atomic mass is 10.1. The van der Waals surface area contributed by atoms with Crippen molar-refractivity contribution in [3.05, 3.63) is 29.3 Å². The second-order valence-electron chi connectivity index (χ2n) is 5.16. The van der Waals surface area contributed by atoms with Crippen LogP contribution in [0.5, 0.6) is 0 Å². The number of piperidine rings is 1. The summed E-state index contributed by atoms with van der Waals surface area (Å²) in [4.78, 5) is 25.8. The number of nitrogen functional groups attached to an aromatic ring is 1. The lowest BCUT2D eigenvalue weighted by Crippen LogP contribution is -2.42. The zero-order chi connectivity index (χ0) is 14.5. The third-order valence-corrected chi connectivity index (χ3v) is 3.68. The largest absolute Gasteiger partial charge is 0.398 e. The number of nitrogens with one attached hydrogen (secondary N) is 1. The molecule has 0 aromatic heterocycles. The molecule has 1 saturated heterocycles. The molecule has 1 fully saturated rings. The monoisotopic (exact) mass is 275 g/mol. The number of nitrogens with two attached hydrogens (primary N) is 1. The molecular weight excluding hydrogens is 254 g/mol. The molecule has 1 aromatic rings. The van der Waals surface area contributed by atoms with E-state index in [1.54, 1.807) is 12.1 Å². The highest BCUT2D eigenvalue weighted by Crippen LogP contribution is 2.16. The summed E-state index contributed by atoms with van der Waals surface area (Å²) >= 11 is 0. The highest BCUT2D eigenvalue weighted by molar-refractivity contribution is 6.01. The topological polar surface area (TPSA) is 75.4 Å². The number of para-hydroxylation sites is 1. The Labute approximate surface area is 119 Å². The highest BCUT2D eigenvalue weighted by Gasteiger charge is 2.18. The maximum atomic E-state index is 12.0. The van der Waals surface area contributed by atoms with Crippen LogP contribution in [0.2, 0.25) is 0 Å². The lowest BCUT2D eigenvalue weighted by Gasteiger charge is -2.26. The van der Waals surface area contributed by atoms with E-state index in [-0.39, 0.29) is 18.4 Å². The minimum atomic E-state index is -0.295. The first-order valence-electron chi connectivity index (χ1n) is 7.00. The first kappa shape index (κ1) is 14.4. The van der Waals surface area contributed by atoms with Gasteiger partial charge in [0.1, 0.15) is 0 Å². The fraction of sp³-hybridized carbons (Fsp3) is 0.467. The first-order valence-corrected chi connectivity index (χ1v) is 7.00. The number of aryl methyl sites for hydroxylation is 1. The van der Waals surface area contributed by atoms with Crippen molar-refractivity contribution in [2.45, 2.75) is 26.2 Å². The van der Waals surface area contributed by atoms with Crippen LogP contribution in [0.3, 0.4) is 0 Å². The van der Waals surface area contributed by atoms with E-state index >= 15 is 0 Å². The van der Waals surface area contributed by atoms with Gasteiger partial charge >= 0.3 is 0 Å². The van der Waals surface area contributed by atoms with Gasteiger partial charge in [-0.3, -0.25) is 9.59 Å². The number of anilines is 1. The summed E-state index contributed by atoms with van der Waals surface area (Å²) in [5, 5.41) is 2.65. The van der Waals surface area contributed by atoms with E-state index in [0.717, 1.165) is 31.5 Å². The molecular formula is C15H21N3O2. The maximum Gasteiger partial charge on any atom is 0.253 e. The Morgan fingerprint density at radius 1 is 1.25 bits per heavy atom. The first-order chi connectivity index (χ1) is 9.59. The summed E-state index contributed by atoms with van der Waals surface area (Å²) in [6.07, 6.45) is 3.27. The van der Waals surface area contributed by atoms with Gasteiger partial charge in [0.15, 0.2) is 0 Å². The molecule has 1 aliphatic heterocycles. The standard InChI is InChI=1S/C15H21N3O2/c1-11-6-5-7-12(14(11)16)15(20)17-10-13(19)18-8-3-2-4-9-18/h5-7H,2-4,8-10,16H2,1H3,(H,17,20). The predicted octanol–water partition coefficient (Wildman–Crippen LogP) is 1.32. The van der Waals surface area contributed by atoms with Crippen LogP contribution in [0.15, 0.2) is 18.2 Å². The van der Waals surface area contributed by atoms with Gasteiger partial charge < -0.3 is 16.0 Å². The van der Waals surface area contributed by atoms with Gasteiger partial charge in [0, 0.05) is 18.8 Å². The van der Waals surface area contributed by atoms with Crippen molar-refractivity contribution in [1.82, 2.24) is 10.2 Å². The fourth-order valence-corrected chi connectivity index (χ4v) is 2.38. The Kier molecular flexibility index (Phi) is 4.61. The van der Waals surface area contributed by atoms with Crippen LogP contribution < -0.4 is 11.1 Å². The molecule has 2 rings (SSSR count). The summed E-state index contributed by atoms with van der Waals surface area (Å²) in [6.45, 7) is 3.47. The summed E-state index contributed by atoms with van der Waals surface area (Å²) in [7, 11) is 0. The molecule has 0 aliphatic carbocycles. The number of likely N-dealkylation sites (tertiary alicyclic amines) is 1. The molecule has 2 amide bonds. The fourth-order valence-electron chi connectivity index (χ4n) is 2.38. The van der Waals surface area contributed by atoms with Crippen LogP contribution in [-0.2, 0) is 4.79 Å². The second-order valence-corrected chi connectivity index (χ2v) is 5.16. The average Bonchev–Trinajstić information content (AvgIpc) is 2.48. The molecule has 0 unspecified atom stereocenters. The molecule has 0 bridgehead atoms. The van der Waals surface area contributed by atoms with Gasteiger partial charge in [0.2, 0.25) is 5.91 Å². The van der Waals surface area contributed by atoms with Crippen molar-refractivity contribution < 1.29 is 9.59 Å². The maximum absolute atomic E-state index is 12.0. The Morgan fingerprint density at radius 2 is 1.95 bits per heavy atom. The van der Waals surface area contributed by atoms with Crippen molar-refractivity contribution in [3.63, 3.8) is 0 Å². The molecule has 0 atom stereocenters. The molecule has 3 N–H and O–H groups in total. The van der Waals surface area contributed by atoms with E-state index in [2.05, 4.69) is 5.32 Å². The van der Waals surface area contributed by atoms with Gasteiger partial charge in [0.25, 0.3) is 5.91 Å². The molecule has 1 aromatic carbocycles. The third kappa shape index (κ3) is 3.29. The van der Waals surface area contributed by atoms with E-state index in [1.165, 1.54) is 6.42 Å². The van der Waals surface area contributed by atoms with Gasteiger partial charge in [-0.2, -0.15) is 0 Å². The molecule has 20 heavy (non-hydrogen) atoms. The quantitative estimate of drug-likeness (QED) is 0.817. The average molecular weight is 275 g/mol. The van der Waals surface area contributed by atoms with Crippen molar-refractivity contribution >= 4 is 17.5 Å². The van der Waals surface area contributed by atoms with Crippen LogP contribution in [0.1, 0.15) is 35.2 Å². The number of amides is 2. The van der Waals surface area contributed by atoms with E-state index < -0.39 is 0 Å². The van der Waals surface area contributed by atoms with Crippen LogP contribution in [-0.4, -0.2) is 36.3 Å². The molecule has 1 aliphatic rings. The third-order valence-electron chi connectivity index (χ3n) is 3.68. The summed E-state index contributed by atoms with van der Waals surface area (Å²) in [5.41, 5.74) is 7.63. The summed E-state index contributed by atoms with van der Waals surface area (Å²) in [5.74, 6) is -0.319. The smallest absolute Gasteiger partial charge is 0.253 e. The van der Waals surface area contributed by atoms with E-state index in [9.17, 15) is 9.59 Å². The Balaban J connectivity index is 1.91. The number of benzene rings is 1. The van der Waals surface area contributed by atoms with Crippen molar-refractivity contribution in [2.24, 2.45) is 0 Å². The molecule has 5 nitrogen and oxygen atoms in total. The number of rotatable bonds is 3. The number of hydrogen-bond acceptors (Lipinski definition) is 3. The Hall–Kier alpha value is -2.04. The number of nitrogens with zero attached hydrogens (tertiary/aromatic N) is 1. The van der Waals surface area contributed by atoms with E-state index in [4.69, 9.17) is 5.73 Å². The number of carbonyl (C=O) groups excluding carboxylic acids is 2. The SMILES string of the molecule is Cc1cccc(C(=O)NCC(=O)N2CCCCC2)c1N. The van der Waals surface area contributed by atoms with Gasteiger partial charge in [0.05, 0.1) is 12.1 Å². The van der Waals surface area contributed by atoms with Crippen LogP contribution >= 0.6 is 0 Å². The molecule has 108 valence electrons. The highest BCUT2D eigenvalue weighted by atomic mass is 16.2.